The molecule has 0 bridgehead atoms. The lowest BCUT2D eigenvalue weighted by Gasteiger charge is -2.21. The van der Waals surface area contributed by atoms with Crippen LogP contribution in [0.2, 0.25) is 0 Å². The highest BCUT2D eigenvalue weighted by molar-refractivity contribution is 5.96. The highest BCUT2D eigenvalue weighted by Gasteiger charge is 2.26. The average molecular weight is 280 g/mol. The molecule has 0 spiro atoms. The number of hydrogen-bond donors (Lipinski definition) is 1. The lowest BCUT2D eigenvalue weighted by Crippen LogP contribution is -2.38. The maximum absolute atomic E-state index is 11.9. The van der Waals surface area contributed by atoms with Crippen LogP contribution < -0.4 is 10.1 Å². The van der Waals surface area contributed by atoms with Crippen LogP contribution in [0.5, 0.6) is 5.75 Å². The number of ether oxygens (including phenoxy) is 2. The van der Waals surface area contributed by atoms with Crippen molar-refractivity contribution in [2.24, 2.45) is 0 Å². The number of nitrogens with one attached hydrogen (secondary N) is 1. The highest BCUT2D eigenvalue weighted by atomic mass is 16.5. The molecule has 0 heterocycles. The number of carbonyl (C=O) groups is 1. The second-order valence-corrected chi connectivity index (χ2v) is 5.34. The largest absolute Gasteiger partial charge is 0.492 e. The Hall–Kier alpha value is -1.59. The van der Waals surface area contributed by atoms with Crippen molar-refractivity contribution in [2.75, 3.05) is 39.7 Å². The number of likely N-dealkylation sites (N-methyl/N-ethyl adjacent to an activating group) is 1. The van der Waals surface area contributed by atoms with Crippen LogP contribution in [0.3, 0.4) is 0 Å². The minimum Gasteiger partial charge on any atom is -0.492 e. The Balaban J connectivity index is 2.52. The van der Waals surface area contributed by atoms with E-state index in [1.807, 2.05) is 38.4 Å². The Kier molecular flexibility index (Phi) is 5.98. The predicted molar refractivity (Wildman–Crippen MR) is 80.2 cm³/mol. The van der Waals surface area contributed by atoms with Gasteiger partial charge in [0, 0.05) is 19.3 Å². The number of hydrogen-bond acceptors (Lipinski definition) is 4. The molecule has 1 rings (SSSR count). The summed E-state index contributed by atoms with van der Waals surface area (Å²) in [5, 5.41) is 2.81. The number of anilines is 1. The smallest absolute Gasteiger partial charge is 0.256 e. The van der Waals surface area contributed by atoms with E-state index in [4.69, 9.17) is 9.47 Å². The van der Waals surface area contributed by atoms with E-state index in [9.17, 15) is 4.79 Å². The van der Waals surface area contributed by atoms with Crippen molar-refractivity contribution in [3.63, 3.8) is 0 Å². The van der Waals surface area contributed by atoms with E-state index >= 15 is 0 Å². The third-order valence-electron chi connectivity index (χ3n) is 2.98. The van der Waals surface area contributed by atoms with Crippen molar-refractivity contribution < 1.29 is 14.3 Å². The van der Waals surface area contributed by atoms with Gasteiger partial charge in [0.2, 0.25) is 0 Å². The number of nitrogens with zero attached hydrogens (tertiary/aromatic N) is 1. The molecule has 1 N–H and O–H groups in total. The Morgan fingerprint density at radius 1 is 1.25 bits per heavy atom. The van der Waals surface area contributed by atoms with Crippen molar-refractivity contribution in [3.8, 4) is 5.75 Å². The minimum absolute atomic E-state index is 0.179. The molecule has 0 aliphatic rings. The molecule has 20 heavy (non-hydrogen) atoms. The van der Waals surface area contributed by atoms with Crippen molar-refractivity contribution >= 4 is 11.6 Å². The zero-order chi connectivity index (χ0) is 15.2. The molecule has 1 aromatic rings. The van der Waals surface area contributed by atoms with Gasteiger partial charge in [0.05, 0.1) is 0 Å². The minimum atomic E-state index is -0.846. The average Bonchev–Trinajstić information content (AvgIpc) is 2.40. The lowest BCUT2D eigenvalue weighted by atomic mass is 10.1. The molecule has 112 valence electrons. The third kappa shape index (κ3) is 5.19. The summed E-state index contributed by atoms with van der Waals surface area (Å²) in [6, 6.07) is 7.30. The topological polar surface area (TPSA) is 50.8 Å². The van der Waals surface area contributed by atoms with Gasteiger partial charge in [-0.05, 0) is 52.2 Å². The van der Waals surface area contributed by atoms with Gasteiger partial charge in [0.1, 0.15) is 18.0 Å². The fourth-order valence-electron chi connectivity index (χ4n) is 1.35. The van der Waals surface area contributed by atoms with Crippen LogP contribution in [0.4, 0.5) is 5.69 Å². The molecular weight excluding hydrogens is 256 g/mol. The first-order chi connectivity index (χ1) is 9.35. The van der Waals surface area contributed by atoms with Crippen LogP contribution in [0.15, 0.2) is 24.3 Å². The molecular formula is C15H24N2O3. The van der Waals surface area contributed by atoms with E-state index in [2.05, 4.69) is 10.2 Å². The van der Waals surface area contributed by atoms with Gasteiger partial charge in [-0.15, -0.1) is 0 Å². The summed E-state index contributed by atoms with van der Waals surface area (Å²) in [6.45, 7) is 4.94. The Morgan fingerprint density at radius 3 is 2.35 bits per heavy atom. The van der Waals surface area contributed by atoms with E-state index < -0.39 is 5.60 Å². The van der Waals surface area contributed by atoms with Gasteiger partial charge >= 0.3 is 0 Å². The van der Waals surface area contributed by atoms with Gasteiger partial charge in [-0.3, -0.25) is 4.79 Å². The zero-order valence-electron chi connectivity index (χ0n) is 12.9. The van der Waals surface area contributed by atoms with E-state index in [1.54, 1.807) is 13.8 Å². The first kappa shape index (κ1) is 16.5. The molecule has 0 unspecified atom stereocenters. The maximum atomic E-state index is 11.9. The summed E-state index contributed by atoms with van der Waals surface area (Å²) in [5.41, 5.74) is -0.124. The number of methoxy groups -OCH3 is 1. The quantitative estimate of drug-likeness (QED) is 0.830. The summed E-state index contributed by atoms with van der Waals surface area (Å²) in [6.07, 6.45) is 0. The first-order valence-corrected chi connectivity index (χ1v) is 6.59. The molecule has 1 amide bonds. The van der Waals surface area contributed by atoms with Crippen molar-refractivity contribution in [1.82, 2.24) is 4.90 Å². The van der Waals surface area contributed by atoms with Crippen molar-refractivity contribution in [3.05, 3.63) is 24.3 Å². The van der Waals surface area contributed by atoms with E-state index in [1.165, 1.54) is 7.11 Å². The second-order valence-electron chi connectivity index (χ2n) is 5.34. The van der Waals surface area contributed by atoms with Crippen LogP contribution in [0, 0.1) is 0 Å². The van der Waals surface area contributed by atoms with Crippen molar-refractivity contribution in [1.29, 1.82) is 0 Å². The fraction of sp³-hybridized carbons (Fsp3) is 0.533. The van der Waals surface area contributed by atoms with Gasteiger partial charge in [-0.2, -0.15) is 0 Å². The Bertz CT molecular complexity index is 427. The number of benzene rings is 1. The van der Waals surface area contributed by atoms with E-state index in [-0.39, 0.29) is 5.91 Å². The monoisotopic (exact) mass is 280 g/mol. The van der Waals surface area contributed by atoms with E-state index in [0.717, 1.165) is 18.0 Å². The third-order valence-corrected chi connectivity index (χ3v) is 2.98. The van der Waals surface area contributed by atoms with Crippen LogP contribution >= 0.6 is 0 Å². The Labute approximate surface area is 120 Å². The molecule has 1 aromatic carbocycles. The van der Waals surface area contributed by atoms with Crippen LogP contribution in [0.25, 0.3) is 0 Å². The summed E-state index contributed by atoms with van der Waals surface area (Å²) >= 11 is 0. The molecule has 5 heteroatoms. The molecule has 0 saturated carbocycles. The molecule has 0 atom stereocenters. The molecule has 0 aliphatic carbocycles. The number of amides is 1. The molecule has 0 aromatic heterocycles. The van der Waals surface area contributed by atoms with Crippen LogP contribution in [-0.4, -0.2) is 50.8 Å². The van der Waals surface area contributed by atoms with Gasteiger partial charge in [0.15, 0.2) is 0 Å². The highest BCUT2D eigenvalue weighted by Crippen LogP contribution is 2.18. The van der Waals surface area contributed by atoms with Gasteiger partial charge < -0.3 is 19.7 Å². The lowest BCUT2D eigenvalue weighted by molar-refractivity contribution is -0.133. The van der Waals surface area contributed by atoms with Gasteiger partial charge in [-0.25, -0.2) is 0 Å². The Morgan fingerprint density at radius 2 is 1.85 bits per heavy atom. The van der Waals surface area contributed by atoms with Gasteiger partial charge in [0.25, 0.3) is 5.91 Å². The SMILES string of the molecule is COC(C)(C)C(=O)Nc1ccc(OCCN(C)C)cc1. The van der Waals surface area contributed by atoms with Crippen LogP contribution in [-0.2, 0) is 9.53 Å². The summed E-state index contributed by atoms with van der Waals surface area (Å²) in [4.78, 5) is 14.0. The number of carbonyl (C=O) groups excluding carboxylic acids is 1. The zero-order valence-corrected chi connectivity index (χ0v) is 12.9. The summed E-state index contributed by atoms with van der Waals surface area (Å²) in [5.74, 6) is 0.608. The fourth-order valence-corrected chi connectivity index (χ4v) is 1.35. The molecule has 0 saturated heterocycles. The molecule has 5 nitrogen and oxygen atoms in total. The summed E-state index contributed by atoms with van der Waals surface area (Å²) in [7, 11) is 5.51. The maximum Gasteiger partial charge on any atom is 0.256 e. The first-order valence-electron chi connectivity index (χ1n) is 6.59. The standard InChI is InChI=1S/C15H24N2O3/c1-15(2,19-5)14(18)16-12-6-8-13(9-7-12)20-11-10-17(3)4/h6-9H,10-11H2,1-5H3,(H,16,18). The van der Waals surface area contributed by atoms with Crippen molar-refractivity contribution in [2.45, 2.75) is 19.4 Å². The van der Waals surface area contributed by atoms with E-state index in [0.29, 0.717) is 6.61 Å². The summed E-state index contributed by atoms with van der Waals surface area (Å²) < 4.78 is 10.7. The predicted octanol–water partition coefficient (Wildman–Crippen LogP) is 1.99. The molecule has 0 fully saturated rings. The number of rotatable bonds is 7. The van der Waals surface area contributed by atoms with Gasteiger partial charge in [-0.1, -0.05) is 0 Å². The normalized spacial score (nSPS) is 11.5. The molecule has 0 radical (unpaired) electrons. The second kappa shape index (κ2) is 7.26. The van der Waals surface area contributed by atoms with Crippen LogP contribution in [0.1, 0.15) is 13.8 Å². The molecule has 0 aliphatic heterocycles.